The van der Waals surface area contributed by atoms with Gasteiger partial charge in [-0.15, -0.1) is 12.3 Å². The average molecular weight is 382 g/mol. The molecule has 8 nitrogen and oxygen atoms in total. The van der Waals surface area contributed by atoms with Gasteiger partial charge in [-0.1, -0.05) is 0 Å². The Balaban J connectivity index is 1.26. The summed E-state index contributed by atoms with van der Waals surface area (Å²) in [4.78, 5) is 28.8. The van der Waals surface area contributed by atoms with Crippen LogP contribution in [-0.4, -0.2) is 60.2 Å². The zero-order valence-electron chi connectivity index (χ0n) is 15.6. The van der Waals surface area contributed by atoms with E-state index in [1.807, 2.05) is 0 Å². The number of hydrogen-bond acceptors (Lipinski definition) is 6. The van der Waals surface area contributed by atoms with Crippen LogP contribution in [0, 0.1) is 12.3 Å². The number of benzene rings is 1. The quantitative estimate of drug-likeness (QED) is 0.705. The van der Waals surface area contributed by atoms with Gasteiger partial charge in [-0.3, -0.25) is 9.59 Å². The number of hydrogen-bond donors (Lipinski definition) is 0. The fourth-order valence-electron chi connectivity index (χ4n) is 3.50. The lowest BCUT2D eigenvalue weighted by Gasteiger charge is -2.35. The number of carbonyl (C=O) groups excluding carboxylic acids is 2. The molecule has 0 bridgehead atoms. The molecule has 0 N–H and O–H groups in total. The summed E-state index contributed by atoms with van der Waals surface area (Å²) in [5.74, 6) is 3.85. The Hall–Kier alpha value is -3.08. The van der Waals surface area contributed by atoms with Crippen LogP contribution in [0.3, 0.4) is 0 Å². The zero-order chi connectivity index (χ0) is 19.6. The van der Waals surface area contributed by atoms with E-state index in [-0.39, 0.29) is 18.6 Å². The minimum absolute atomic E-state index is 0.0609. The monoisotopic (exact) mass is 382 g/mol. The fraction of sp³-hybridized carbons (Fsp3) is 0.500. The summed E-state index contributed by atoms with van der Waals surface area (Å²) < 4.78 is 10.6. The van der Waals surface area contributed by atoms with Crippen LogP contribution in [0.15, 0.2) is 28.4 Å². The number of ether oxygens (including phenoxy) is 2. The number of amides is 2. The van der Waals surface area contributed by atoms with Gasteiger partial charge in [-0.25, -0.2) is 0 Å². The first-order chi connectivity index (χ1) is 13.6. The summed E-state index contributed by atoms with van der Waals surface area (Å²) >= 11 is 0. The molecule has 3 aliphatic heterocycles. The highest BCUT2D eigenvalue weighted by molar-refractivity contribution is 5.95. The first kappa shape index (κ1) is 18.3. The third kappa shape index (κ3) is 3.79. The Morgan fingerprint density at radius 1 is 1.07 bits per heavy atom. The van der Waals surface area contributed by atoms with Gasteiger partial charge in [-0.2, -0.15) is 10.2 Å². The van der Waals surface area contributed by atoms with Crippen molar-refractivity contribution in [1.82, 2.24) is 9.80 Å². The molecule has 3 aliphatic rings. The van der Waals surface area contributed by atoms with Gasteiger partial charge in [-0.05, 0) is 18.2 Å². The van der Waals surface area contributed by atoms with Crippen molar-refractivity contribution in [3.05, 3.63) is 23.8 Å². The van der Waals surface area contributed by atoms with E-state index in [1.54, 1.807) is 28.0 Å². The summed E-state index contributed by atoms with van der Waals surface area (Å²) in [6.07, 6.45) is 7.60. The molecule has 0 spiro atoms. The van der Waals surface area contributed by atoms with Gasteiger partial charge in [0.15, 0.2) is 17.2 Å². The van der Waals surface area contributed by atoms with Crippen LogP contribution in [0.4, 0.5) is 0 Å². The molecule has 0 unspecified atom stereocenters. The lowest BCUT2D eigenvalue weighted by molar-refractivity contribution is -0.132. The predicted molar refractivity (Wildman–Crippen MR) is 99.9 cm³/mol. The second kappa shape index (κ2) is 7.50. The Morgan fingerprint density at radius 3 is 2.50 bits per heavy atom. The summed E-state index contributed by atoms with van der Waals surface area (Å²) in [6, 6.07) is 5.20. The first-order valence-electron chi connectivity index (χ1n) is 9.44. The third-order valence-electron chi connectivity index (χ3n) is 5.33. The Kier molecular flexibility index (Phi) is 4.90. The Labute approximate surface area is 163 Å². The molecule has 1 aromatic rings. The smallest absolute Gasteiger partial charge is 0.254 e. The van der Waals surface area contributed by atoms with Crippen LogP contribution in [-0.2, 0) is 4.79 Å². The summed E-state index contributed by atoms with van der Waals surface area (Å²) in [5.41, 5.74) is 0.135. The summed E-state index contributed by atoms with van der Waals surface area (Å²) in [6.45, 7) is 2.26. The van der Waals surface area contributed by atoms with Crippen molar-refractivity contribution in [2.45, 2.75) is 31.3 Å². The average Bonchev–Trinajstić information content (AvgIpc) is 3.35. The van der Waals surface area contributed by atoms with Crippen LogP contribution in [0.2, 0.25) is 0 Å². The van der Waals surface area contributed by atoms with Gasteiger partial charge in [0.25, 0.3) is 5.91 Å². The van der Waals surface area contributed by atoms with E-state index in [0.717, 1.165) is 0 Å². The fourth-order valence-corrected chi connectivity index (χ4v) is 3.50. The van der Waals surface area contributed by atoms with Gasteiger partial charge in [0.2, 0.25) is 12.7 Å². The summed E-state index contributed by atoms with van der Waals surface area (Å²) in [5, 5.41) is 8.14. The molecule has 0 aliphatic carbocycles. The molecule has 0 saturated carbocycles. The van der Waals surface area contributed by atoms with Crippen LogP contribution >= 0.6 is 0 Å². The van der Waals surface area contributed by atoms with E-state index in [1.165, 1.54) is 0 Å². The van der Waals surface area contributed by atoms with E-state index >= 15 is 0 Å². The summed E-state index contributed by atoms with van der Waals surface area (Å²) in [7, 11) is 0. The minimum Gasteiger partial charge on any atom is -0.454 e. The van der Waals surface area contributed by atoms with E-state index in [0.29, 0.717) is 68.9 Å². The molecular weight excluding hydrogens is 360 g/mol. The largest absolute Gasteiger partial charge is 0.454 e. The molecule has 0 radical (unpaired) electrons. The zero-order valence-corrected chi connectivity index (χ0v) is 15.6. The Bertz CT molecular complexity index is 846. The maximum Gasteiger partial charge on any atom is 0.254 e. The normalized spacial score (nSPS) is 18.7. The molecule has 28 heavy (non-hydrogen) atoms. The van der Waals surface area contributed by atoms with E-state index < -0.39 is 5.66 Å². The molecular formula is C20H22N4O4. The number of terminal acetylenes is 1. The number of nitrogens with zero attached hydrogens (tertiary/aromatic N) is 4. The molecule has 4 rings (SSSR count). The number of rotatable bonds is 6. The van der Waals surface area contributed by atoms with Gasteiger partial charge < -0.3 is 19.3 Å². The molecule has 8 heteroatoms. The third-order valence-corrected chi connectivity index (χ3v) is 5.33. The molecule has 1 fully saturated rings. The lowest BCUT2D eigenvalue weighted by Crippen LogP contribution is -2.50. The van der Waals surface area contributed by atoms with Crippen LogP contribution in [0.1, 0.15) is 36.0 Å². The maximum absolute atomic E-state index is 12.7. The lowest BCUT2D eigenvalue weighted by atomic mass is 10.0. The van der Waals surface area contributed by atoms with Crippen LogP contribution in [0.5, 0.6) is 11.5 Å². The van der Waals surface area contributed by atoms with Crippen molar-refractivity contribution in [3.63, 3.8) is 0 Å². The van der Waals surface area contributed by atoms with E-state index in [2.05, 4.69) is 16.1 Å². The molecule has 0 atom stereocenters. The molecule has 1 aromatic carbocycles. The highest BCUT2D eigenvalue weighted by Crippen LogP contribution is 2.37. The number of piperazine rings is 1. The van der Waals surface area contributed by atoms with Crippen molar-refractivity contribution in [1.29, 1.82) is 0 Å². The van der Waals surface area contributed by atoms with Gasteiger partial charge in [0, 0.05) is 57.4 Å². The minimum atomic E-state index is -0.431. The molecule has 2 amide bonds. The maximum atomic E-state index is 12.7. The van der Waals surface area contributed by atoms with Crippen molar-refractivity contribution in [2.75, 3.05) is 33.0 Å². The predicted octanol–water partition coefficient (Wildman–Crippen LogP) is 2.06. The molecule has 3 heterocycles. The van der Waals surface area contributed by atoms with Gasteiger partial charge in [0.05, 0.1) is 0 Å². The first-order valence-corrected chi connectivity index (χ1v) is 9.44. The number of fused-ring (bicyclic) bond motifs is 1. The van der Waals surface area contributed by atoms with Crippen LogP contribution in [0.25, 0.3) is 0 Å². The second-order valence-corrected chi connectivity index (χ2v) is 7.13. The SMILES string of the molecule is C#CCCC1(CCC(=O)N2CCN(C(=O)c3ccc4c(c3)OCO4)CC2)N=N1. The number of carbonyl (C=O) groups is 2. The van der Waals surface area contributed by atoms with Crippen LogP contribution < -0.4 is 9.47 Å². The highest BCUT2D eigenvalue weighted by Gasteiger charge is 2.39. The second-order valence-electron chi connectivity index (χ2n) is 7.13. The molecule has 1 saturated heterocycles. The van der Waals surface area contributed by atoms with E-state index in [9.17, 15) is 9.59 Å². The van der Waals surface area contributed by atoms with Gasteiger partial charge >= 0.3 is 0 Å². The van der Waals surface area contributed by atoms with Crippen molar-refractivity contribution in [3.8, 4) is 23.8 Å². The van der Waals surface area contributed by atoms with Crippen molar-refractivity contribution < 1.29 is 19.1 Å². The van der Waals surface area contributed by atoms with Gasteiger partial charge in [0.1, 0.15) is 0 Å². The molecule has 146 valence electrons. The van der Waals surface area contributed by atoms with Crippen molar-refractivity contribution in [2.24, 2.45) is 10.2 Å². The van der Waals surface area contributed by atoms with E-state index in [4.69, 9.17) is 15.9 Å². The topological polar surface area (TPSA) is 83.8 Å². The van der Waals surface area contributed by atoms with Crippen molar-refractivity contribution >= 4 is 11.8 Å². The molecule has 0 aromatic heterocycles. The highest BCUT2D eigenvalue weighted by atomic mass is 16.7. The standard InChI is InChI=1S/C20H22N4O4/c1-2-3-7-20(21-22-20)8-6-18(25)23-9-11-24(12-10-23)19(26)15-4-5-16-17(13-15)28-14-27-16/h1,4-5,13H,3,6-12,14H2. The Morgan fingerprint density at radius 2 is 1.79 bits per heavy atom.